The molecule has 0 heterocycles. The number of hydrogen-bond donors (Lipinski definition) is 1. The molecule has 4 nitrogen and oxygen atoms in total. The third-order valence-electron chi connectivity index (χ3n) is 2.08. The Hall–Kier alpha value is -1.36. The van der Waals surface area contributed by atoms with Crippen molar-refractivity contribution in [3.8, 4) is 0 Å². The first-order chi connectivity index (χ1) is 7.56. The monoisotopic (exact) mass is 246 g/mol. The first-order valence-corrected chi connectivity index (χ1v) is 5.31. The molecule has 1 N–H and O–H groups in total. The number of nitrogens with one attached hydrogen (secondary N) is 1. The van der Waals surface area contributed by atoms with E-state index in [0.717, 1.165) is 18.9 Å². The van der Waals surface area contributed by atoms with Crippen LogP contribution in [0.1, 0.15) is 19.8 Å². The van der Waals surface area contributed by atoms with Crippen LogP contribution in [0.3, 0.4) is 0 Å². The molecule has 0 atom stereocenters. The Labute approximate surface area is 97.6 Å². The van der Waals surface area contributed by atoms with Gasteiger partial charge in [-0.1, -0.05) is 24.9 Å². The zero-order valence-corrected chi connectivity index (χ0v) is 9.55. The standard InChI is InChI=1S/C10H12ClFN2O2/c1-2-3-4-13-9-5-7(11)8(12)6-10(9)14(15)16/h5-6,13H,2-4H2,1H3. The van der Waals surface area contributed by atoms with E-state index in [-0.39, 0.29) is 16.4 Å². The van der Waals surface area contributed by atoms with Gasteiger partial charge in [0, 0.05) is 6.54 Å². The molecule has 1 rings (SSSR count). The fourth-order valence-corrected chi connectivity index (χ4v) is 1.39. The van der Waals surface area contributed by atoms with E-state index in [0.29, 0.717) is 6.54 Å². The van der Waals surface area contributed by atoms with Gasteiger partial charge in [-0.25, -0.2) is 4.39 Å². The van der Waals surface area contributed by atoms with Crippen LogP contribution in [0.2, 0.25) is 5.02 Å². The van der Waals surface area contributed by atoms with Gasteiger partial charge in [-0.3, -0.25) is 10.1 Å². The van der Waals surface area contributed by atoms with Gasteiger partial charge >= 0.3 is 0 Å². The predicted molar refractivity (Wildman–Crippen MR) is 61.5 cm³/mol. The fourth-order valence-electron chi connectivity index (χ4n) is 1.23. The second-order valence-corrected chi connectivity index (χ2v) is 3.73. The second kappa shape index (κ2) is 5.65. The SMILES string of the molecule is CCCCNc1cc(Cl)c(F)cc1[N+](=O)[O-]. The van der Waals surface area contributed by atoms with Gasteiger partial charge in [0.15, 0.2) is 0 Å². The lowest BCUT2D eigenvalue weighted by molar-refractivity contribution is -0.384. The number of unbranched alkanes of at least 4 members (excludes halogenated alkanes) is 1. The van der Waals surface area contributed by atoms with Crippen LogP contribution >= 0.6 is 11.6 Å². The lowest BCUT2D eigenvalue weighted by Crippen LogP contribution is -2.04. The molecule has 0 bridgehead atoms. The summed E-state index contributed by atoms with van der Waals surface area (Å²) in [6.07, 6.45) is 1.85. The number of benzene rings is 1. The Balaban J connectivity index is 2.95. The summed E-state index contributed by atoms with van der Waals surface area (Å²) in [4.78, 5) is 10.0. The third kappa shape index (κ3) is 3.06. The highest BCUT2D eigenvalue weighted by Crippen LogP contribution is 2.30. The highest BCUT2D eigenvalue weighted by atomic mass is 35.5. The molecule has 1 aromatic carbocycles. The number of nitro groups is 1. The molecule has 1 aromatic rings. The van der Waals surface area contributed by atoms with Crippen molar-refractivity contribution in [1.29, 1.82) is 0 Å². The molecule has 0 aliphatic rings. The Morgan fingerprint density at radius 2 is 2.25 bits per heavy atom. The maximum atomic E-state index is 13.0. The molecular formula is C10H12ClFN2O2. The molecule has 0 spiro atoms. The first kappa shape index (κ1) is 12.7. The number of rotatable bonds is 5. The van der Waals surface area contributed by atoms with E-state index in [1.807, 2.05) is 6.92 Å². The lowest BCUT2D eigenvalue weighted by atomic mass is 10.2. The number of nitrogens with zero attached hydrogens (tertiary/aromatic N) is 1. The number of halogens is 2. The summed E-state index contributed by atoms with van der Waals surface area (Å²) in [5.74, 6) is -0.783. The summed E-state index contributed by atoms with van der Waals surface area (Å²) in [5.41, 5.74) is -0.0390. The highest BCUT2D eigenvalue weighted by molar-refractivity contribution is 6.31. The Morgan fingerprint density at radius 1 is 1.56 bits per heavy atom. The van der Waals surface area contributed by atoms with Crippen LogP contribution in [0.4, 0.5) is 15.8 Å². The molecule has 0 aliphatic carbocycles. The van der Waals surface area contributed by atoms with Crippen LogP contribution in [0.5, 0.6) is 0 Å². The molecular weight excluding hydrogens is 235 g/mol. The lowest BCUT2D eigenvalue weighted by Gasteiger charge is -2.07. The molecule has 0 aliphatic heterocycles. The van der Waals surface area contributed by atoms with Crippen molar-refractivity contribution in [2.45, 2.75) is 19.8 Å². The maximum absolute atomic E-state index is 13.0. The molecule has 0 saturated carbocycles. The van der Waals surface area contributed by atoms with E-state index in [1.54, 1.807) is 0 Å². The molecule has 16 heavy (non-hydrogen) atoms. The highest BCUT2D eigenvalue weighted by Gasteiger charge is 2.17. The van der Waals surface area contributed by atoms with E-state index >= 15 is 0 Å². The molecule has 0 aromatic heterocycles. The van der Waals surface area contributed by atoms with Crippen LogP contribution in [-0.4, -0.2) is 11.5 Å². The molecule has 6 heteroatoms. The third-order valence-corrected chi connectivity index (χ3v) is 2.37. The largest absolute Gasteiger partial charge is 0.379 e. The number of nitro benzene ring substituents is 1. The summed E-state index contributed by atoms with van der Waals surface area (Å²) < 4.78 is 13.0. The average molecular weight is 247 g/mol. The molecule has 0 radical (unpaired) electrons. The zero-order chi connectivity index (χ0) is 12.1. The van der Waals surface area contributed by atoms with Gasteiger partial charge in [0.05, 0.1) is 16.0 Å². The zero-order valence-electron chi connectivity index (χ0n) is 8.80. The van der Waals surface area contributed by atoms with Gasteiger partial charge in [0.25, 0.3) is 5.69 Å². The Bertz CT molecular complexity index is 399. The molecule has 0 unspecified atom stereocenters. The summed E-state index contributed by atoms with van der Waals surface area (Å²) in [6, 6.07) is 2.07. The normalized spacial score (nSPS) is 10.2. The maximum Gasteiger partial charge on any atom is 0.295 e. The van der Waals surface area contributed by atoms with Crippen molar-refractivity contribution < 1.29 is 9.31 Å². The Kier molecular flexibility index (Phi) is 4.49. The van der Waals surface area contributed by atoms with E-state index in [9.17, 15) is 14.5 Å². The average Bonchev–Trinajstić information content (AvgIpc) is 2.23. The van der Waals surface area contributed by atoms with E-state index < -0.39 is 10.7 Å². The Morgan fingerprint density at radius 3 is 2.81 bits per heavy atom. The van der Waals surface area contributed by atoms with Gasteiger partial charge in [-0.05, 0) is 12.5 Å². The van der Waals surface area contributed by atoms with Crippen LogP contribution < -0.4 is 5.32 Å². The van der Waals surface area contributed by atoms with E-state index in [1.165, 1.54) is 6.07 Å². The van der Waals surface area contributed by atoms with Crippen molar-refractivity contribution in [3.05, 3.63) is 33.1 Å². The van der Waals surface area contributed by atoms with Gasteiger partial charge in [0.1, 0.15) is 11.5 Å². The minimum Gasteiger partial charge on any atom is -0.379 e. The minimum atomic E-state index is -0.783. The number of hydrogen-bond acceptors (Lipinski definition) is 3. The minimum absolute atomic E-state index is 0.121. The van der Waals surface area contributed by atoms with Crippen molar-refractivity contribution in [2.75, 3.05) is 11.9 Å². The van der Waals surface area contributed by atoms with Crippen molar-refractivity contribution in [3.63, 3.8) is 0 Å². The summed E-state index contributed by atoms with van der Waals surface area (Å²) in [5, 5.41) is 13.4. The van der Waals surface area contributed by atoms with Gasteiger partial charge in [0.2, 0.25) is 0 Å². The van der Waals surface area contributed by atoms with Crippen LogP contribution in [0.15, 0.2) is 12.1 Å². The van der Waals surface area contributed by atoms with Crippen LogP contribution in [0.25, 0.3) is 0 Å². The topological polar surface area (TPSA) is 55.2 Å². The van der Waals surface area contributed by atoms with Crippen LogP contribution in [0, 0.1) is 15.9 Å². The van der Waals surface area contributed by atoms with Gasteiger partial charge < -0.3 is 5.32 Å². The second-order valence-electron chi connectivity index (χ2n) is 3.32. The van der Waals surface area contributed by atoms with Crippen molar-refractivity contribution in [2.24, 2.45) is 0 Å². The quantitative estimate of drug-likeness (QED) is 0.491. The van der Waals surface area contributed by atoms with E-state index in [2.05, 4.69) is 5.32 Å². The molecule has 0 amide bonds. The van der Waals surface area contributed by atoms with E-state index in [4.69, 9.17) is 11.6 Å². The van der Waals surface area contributed by atoms with Gasteiger partial charge in [-0.2, -0.15) is 0 Å². The summed E-state index contributed by atoms with van der Waals surface area (Å²) in [6.45, 7) is 2.60. The molecule has 88 valence electrons. The van der Waals surface area contributed by atoms with Gasteiger partial charge in [-0.15, -0.1) is 0 Å². The smallest absolute Gasteiger partial charge is 0.295 e. The fraction of sp³-hybridized carbons (Fsp3) is 0.400. The first-order valence-electron chi connectivity index (χ1n) is 4.93. The van der Waals surface area contributed by atoms with Crippen LogP contribution in [-0.2, 0) is 0 Å². The molecule has 0 saturated heterocycles. The molecule has 0 fully saturated rings. The summed E-state index contributed by atoms with van der Waals surface area (Å²) in [7, 11) is 0. The predicted octanol–water partition coefficient (Wildman–Crippen LogP) is 3.60. The summed E-state index contributed by atoms with van der Waals surface area (Å²) >= 11 is 5.57. The van der Waals surface area contributed by atoms with Crippen molar-refractivity contribution in [1.82, 2.24) is 0 Å². The number of anilines is 1. The van der Waals surface area contributed by atoms with Crippen molar-refractivity contribution >= 4 is 23.0 Å².